The number of hydrogen-bond donors (Lipinski definition) is 1. The number of piperazine rings is 1. The van der Waals surface area contributed by atoms with Crippen LogP contribution in [0.1, 0.15) is 13.8 Å². The minimum absolute atomic E-state index is 0.0137. The quantitative estimate of drug-likeness (QED) is 0.850. The summed E-state index contributed by atoms with van der Waals surface area (Å²) >= 11 is 0. The van der Waals surface area contributed by atoms with Gasteiger partial charge in [-0.3, -0.25) is 0 Å². The normalized spacial score (nSPS) is 14.9. The van der Waals surface area contributed by atoms with Crippen molar-refractivity contribution in [3.63, 3.8) is 0 Å². The molecule has 1 aromatic rings. The molecule has 1 heterocycles. The van der Waals surface area contributed by atoms with E-state index in [4.69, 9.17) is 4.74 Å². The van der Waals surface area contributed by atoms with E-state index in [1.165, 1.54) is 5.69 Å². The minimum atomic E-state index is -0.0137. The maximum Gasteiger partial charge on any atom is 0.317 e. The molecule has 120 valence electrons. The molecule has 2 amide bonds. The van der Waals surface area contributed by atoms with Gasteiger partial charge in [0.1, 0.15) is 5.75 Å². The lowest BCUT2D eigenvalue weighted by Crippen LogP contribution is -2.51. The smallest absolute Gasteiger partial charge is 0.317 e. The topological polar surface area (TPSA) is 44.8 Å². The van der Waals surface area contributed by atoms with E-state index in [1.54, 1.807) is 6.08 Å². The van der Waals surface area contributed by atoms with E-state index < -0.39 is 0 Å². The molecule has 0 aromatic heterocycles. The van der Waals surface area contributed by atoms with Crippen molar-refractivity contribution in [3.05, 3.63) is 36.9 Å². The van der Waals surface area contributed by atoms with Gasteiger partial charge in [-0.25, -0.2) is 4.79 Å². The van der Waals surface area contributed by atoms with Crippen LogP contribution < -0.4 is 15.0 Å². The zero-order valence-electron chi connectivity index (χ0n) is 13.4. The second-order valence-corrected chi connectivity index (χ2v) is 5.61. The van der Waals surface area contributed by atoms with Gasteiger partial charge in [-0.15, -0.1) is 6.58 Å². The minimum Gasteiger partial charge on any atom is -0.491 e. The van der Waals surface area contributed by atoms with Crippen LogP contribution in [-0.2, 0) is 0 Å². The van der Waals surface area contributed by atoms with Crippen molar-refractivity contribution in [2.45, 2.75) is 20.0 Å². The maximum absolute atomic E-state index is 11.9. The second-order valence-electron chi connectivity index (χ2n) is 5.61. The van der Waals surface area contributed by atoms with Crippen molar-refractivity contribution < 1.29 is 9.53 Å². The molecule has 1 aromatic carbocycles. The molecule has 5 nitrogen and oxygen atoms in total. The summed E-state index contributed by atoms with van der Waals surface area (Å²) in [7, 11) is 0. The van der Waals surface area contributed by atoms with Gasteiger partial charge in [-0.05, 0) is 38.1 Å². The van der Waals surface area contributed by atoms with Crippen LogP contribution in [0.4, 0.5) is 10.5 Å². The zero-order chi connectivity index (χ0) is 15.9. The largest absolute Gasteiger partial charge is 0.491 e. The summed E-state index contributed by atoms with van der Waals surface area (Å²) in [6, 6.07) is 8.13. The van der Waals surface area contributed by atoms with Crippen LogP contribution >= 0.6 is 0 Å². The molecular weight excluding hydrogens is 278 g/mol. The SMILES string of the molecule is C=CCNC(=O)N1CCN(c2ccc(OC(C)C)cc2)CC1. The highest BCUT2D eigenvalue weighted by atomic mass is 16.5. The highest BCUT2D eigenvalue weighted by Gasteiger charge is 2.20. The molecule has 0 bridgehead atoms. The molecule has 0 aliphatic carbocycles. The van der Waals surface area contributed by atoms with Gasteiger partial charge in [0.2, 0.25) is 0 Å². The van der Waals surface area contributed by atoms with E-state index in [9.17, 15) is 4.79 Å². The van der Waals surface area contributed by atoms with Gasteiger partial charge in [0.25, 0.3) is 0 Å². The predicted molar refractivity (Wildman–Crippen MR) is 89.6 cm³/mol. The molecular formula is C17H25N3O2. The lowest BCUT2D eigenvalue weighted by Gasteiger charge is -2.36. The predicted octanol–water partition coefficient (Wildman–Crippen LogP) is 2.49. The molecule has 1 aliphatic heterocycles. The number of anilines is 1. The Kier molecular flexibility index (Phi) is 5.69. The Morgan fingerprint density at radius 1 is 1.27 bits per heavy atom. The molecule has 0 radical (unpaired) electrons. The Labute approximate surface area is 132 Å². The average molecular weight is 303 g/mol. The number of carbonyl (C=O) groups excluding carboxylic acids is 1. The van der Waals surface area contributed by atoms with Gasteiger partial charge >= 0.3 is 6.03 Å². The van der Waals surface area contributed by atoms with Gasteiger partial charge in [0, 0.05) is 38.4 Å². The number of amides is 2. The van der Waals surface area contributed by atoms with Crippen LogP contribution in [0.2, 0.25) is 0 Å². The number of nitrogens with zero attached hydrogens (tertiary/aromatic N) is 2. The number of ether oxygens (including phenoxy) is 1. The van der Waals surface area contributed by atoms with Crippen molar-refractivity contribution >= 4 is 11.7 Å². The molecule has 2 rings (SSSR count). The molecule has 0 unspecified atom stereocenters. The van der Waals surface area contributed by atoms with Gasteiger partial charge in [0.05, 0.1) is 6.10 Å². The first-order chi connectivity index (χ1) is 10.6. The Bertz CT molecular complexity index is 491. The van der Waals surface area contributed by atoms with Crippen LogP contribution in [0.25, 0.3) is 0 Å². The number of nitrogens with one attached hydrogen (secondary N) is 1. The summed E-state index contributed by atoms with van der Waals surface area (Å²) < 4.78 is 5.65. The van der Waals surface area contributed by atoms with E-state index in [2.05, 4.69) is 28.9 Å². The third kappa shape index (κ3) is 4.41. The number of carbonyl (C=O) groups is 1. The van der Waals surface area contributed by atoms with Crippen molar-refractivity contribution in [1.29, 1.82) is 0 Å². The summed E-state index contributed by atoms with van der Waals surface area (Å²) in [5, 5.41) is 2.82. The summed E-state index contributed by atoms with van der Waals surface area (Å²) in [5.74, 6) is 0.890. The van der Waals surface area contributed by atoms with E-state index in [-0.39, 0.29) is 12.1 Å². The number of benzene rings is 1. The third-order valence-electron chi connectivity index (χ3n) is 3.54. The first kappa shape index (κ1) is 16.2. The number of urea groups is 1. The van der Waals surface area contributed by atoms with Crippen molar-refractivity contribution in [2.24, 2.45) is 0 Å². The van der Waals surface area contributed by atoms with Crippen molar-refractivity contribution in [2.75, 3.05) is 37.6 Å². The Balaban J connectivity index is 1.86. The molecule has 1 fully saturated rings. The second kappa shape index (κ2) is 7.73. The van der Waals surface area contributed by atoms with Crippen LogP contribution in [0.5, 0.6) is 5.75 Å². The summed E-state index contributed by atoms with van der Waals surface area (Å²) in [5.41, 5.74) is 1.17. The highest BCUT2D eigenvalue weighted by molar-refractivity contribution is 5.74. The summed E-state index contributed by atoms with van der Waals surface area (Å²) in [6.45, 7) is 11.3. The monoisotopic (exact) mass is 303 g/mol. The molecule has 0 atom stereocenters. The lowest BCUT2D eigenvalue weighted by atomic mass is 10.2. The van der Waals surface area contributed by atoms with Crippen molar-refractivity contribution in [3.8, 4) is 5.75 Å². The van der Waals surface area contributed by atoms with Crippen LogP contribution in [-0.4, -0.2) is 49.8 Å². The Morgan fingerprint density at radius 3 is 2.45 bits per heavy atom. The van der Waals surface area contributed by atoms with E-state index in [1.807, 2.05) is 30.9 Å². The molecule has 5 heteroatoms. The van der Waals surface area contributed by atoms with Gasteiger partial charge in [-0.2, -0.15) is 0 Å². The number of rotatable bonds is 5. The molecule has 0 saturated carbocycles. The lowest BCUT2D eigenvalue weighted by molar-refractivity contribution is 0.195. The highest BCUT2D eigenvalue weighted by Crippen LogP contribution is 2.21. The van der Waals surface area contributed by atoms with E-state index >= 15 is 0 Å². The summed E-state index contributed by atoms with van der Waals surface area (Å²) in [6.07, 6.45) is 1.87. The average Bonchev–Trinajstić information content (AvgIpc) is 2.53. The Morgan fingerprint density at radius 2 is 1.91 bits per heavy atom. The first-order valence-corrected chi connectivity index (χ1v) is 7.75. The first-order valence-electron chi connectivity index (χ1n) is 7.75. The fourth-order valence-corrected chi connectivity index (χ4v) is 2.45. The van der Waals surface area contributed by atoms with Gasteiger partial charge in [-0.1, -0.05) is 6.08 Å². The molecule has 22 heavy (non-hydrogen) atoms. The van der Waals surface area contributed by atoms with E-state index in [0.29, 0.717) is 6.54 Å². The third-order valence-corrected chi connectivity index (χ3v) is 3.54. The standard InChI is InChI=1S/C17H25N3O2/c1-4-9-18-17(21)20-12-10-19(11-13-20)15-5-7-16(8-6-15)22-14(2)3/h4-8,14H,1,9-13H2,2-3H3,(H,18,21). The molecule has 1 aliphatic rings. The van der Waals surface area contributed by atoms with Crippen molar-refractivity contribution in [1.82, 2.24) is 10.2 Å². The van der Waals surface area contributed by atoms with Crippen LogP contribution in [0, 0.1) is 0 Å². The summed E-state index contributed by atoms with van der Waals surface area (Å²) in [4.78, 5) is 16.0. The number of hydrogen-bond acceptors (Lipinski definition) is 3. The maximum atomic E-state index is 11.9. The van der Waals surface area contributed by atoms with Gasteiger partial charge < -0.3 is 19.9 Å². The fraction of sp³-hybridized carbons (Fsp3) is 0.471. The molecule has 0 spiro atoms. The fourth-order valence-electron chi connectivity index (χ4n) is 2.45. The molecule has 1 saturated heterocycles. The zero-order valence-corrected chi connectivity index (χ0v) is 13.4. The molecule has 1 N–H and O–H groups in total. The van der Waals surface area contributed by atoms with Crippen LogP contribution in [0.3, 0.4) is 0 Å². The van der Waals surface area contributed by atoms with Crippen LogP contribution in [0.15, 0.2) is 36.9 Å². The van der Waals surface area contributed by atoms with Gasteiger partial charge in [0.15, 0.2) is 0 Å². The Hall–Kier alpha value is -2.17. The van der Waals surface area contributed by atoms with E-state index in [0.717, 1.165) is 31.9 Å².